The first-order valence-electron chi connectivity index (χ1n) is 5.80. The molecule has 0 aromatic carbocycles. The van der Waals surface area contributed by atoms with Crippen molar-refractivity contribution >= 4 is 9.84 Å². The van der Waals surface area contributed by atoms with Gasteiger partial charge in [-0.2, -0.15) is 0 Å². The van der Waals surface area contributed by atoms with Crippen molar-refractivity contribution in [3.63, 3.8) is 0 Å². The lowest BCUT2D eigenvalue weighted by molar-refractivity contribution is 0.423. The first-order valence-corrected chi connectivity index (χ1v) is 7.86. The second-order valence-electron chi connectivity index (χ2n) is 5.07. The maximum atomic E-state index is 11.0. The van der Waals surface area contributed by atoms with Crippen LogP contribution >= 0.6 is 0 Å². The molecule has 0 saturated heterocycles. The Labute approximate surface area is 93.6 Å². The van der Waals surface area contributed by atoms with Crippen LogP contribution in [-0.4, -0.2) is 32.5 Å². The smallest absolute Gasteiger partial charge is 0.147 e. The molecular weight excluding hydrogens is 210 g/mol. The fourth-order valence-electron chi connectivity index (χ4n) is 1.88. The van der Waals surface area contributed by atoms with E-state index in [9.17, 15) is 8.42 Å². The van der Waals surface area contributed by atoms with E-state index in [-0.39, 0.29) is 5.75 Å². The summed E-state index contributed by atoms with van der Waals surface area (Å²) in [4.78, 5) is 0. The summed E-state index contributed by atoms with van der Waals surface area (Å²) in [7, 11) is -2.81. The fraction of sp³-hybridized carbons (Fsp3) is 1.00. The highest BCUT2D eigenvalue weighted by atomic mass is 32.2. The van der Waals surface area contributed by atoms with Gasteiger partial charge in [0.25, 0.3) is 0 Å². The number of nitrogens with one attached hydrogen (secondary N) is 1. The van der Waals surface area contributed by atoms with Crippen LogP contribution in [0.2, 0.25) is 0 Å². The Morgan fingerprint density at radius 2 is 1.87 bits per heavy atom. The normalized spacial score (nSPS) is 21.3. The molecule has 0 radical (unpaired) electrons. The lowest BCUT2D eigenvalue weighted by Gasteiger charge is -2.19. The Hall–Kier alpha value is -0.0900. The van der Waals surface area contributed by atoms with Crippen molar-refractivity contribution in [1.82, 2.24) is 5.32 Å². The summed E-state index contributed by atoms with van der Waals surface area (Å²) < 4.78 is 22.0. The summed E-state index contributed by atoms with van der Waals surface area (Å²) >= 11 is 0. The molecule has 1 fully saturated rings. The quantitative estimate of drug-likeness (QED) is 0.726. The number of rotatable bonds is 7. The summed E-state index contributed by atoms with van der Waals surface area (Å²) in [6.45, 7) is 4.25. The van der Waals surface area contributed by atoms with Gasteiger partial charge in [-0.05, 0) is 32.6 Å². The molecule has 0 spiro atoms. The molecule has 0 amide bonds. The van der Waals surface area contributed by atoms with Crippen LogP contribution in [0, 0.1) is 5.92 Å². The van der Waals surface area contributed by atoms with Crippen LogP contribution in [0.5, 0.6) is 0 Å². The maximum absolute atomic E-state index is 11.0. The van der Waals surface area contributed by atoms with Gasteiger partial charge in [0.15, 0.2) is 0 Å². The Kier molecular flexibility index (Phi) is 4.59. The minimum absolute atomic E-state index is 0.289. The van der Waals surface area contributed by atoms with Crippen LogP contribution < -0.4 is 5.32 Å². The van der Waals surface area contributed by atoms with Gasteiger partial charge >= 0.3 is 0 Å². The van der Waals surface area contributed by atoms with Crippen molar-refractivity contribution in [2.75, 3.05) is 12.0 Å². The molecule has 0 aromatic heterocycles. The number of hydrogen-bond acceptors (Lipinski definition) is 3. The molecule has 0 aliphatic heterocycles. The lowest BCUT2D eigenvalue weighted by atomic mass is 10.1. The predicted molar refractivity (Wildman–Crippen MR) is 63.7 cm³/mol. The van der Waals surface area contributed by atoms with Crippen molar-refractivity contribution in [2.24, 2.45) is 5.92 Å². The van der Waals surface area contributed by atoms with Gasteiger partial charge in [0.1, 0.15) is 9.84 Å². The molecular formula is C11H23NO2S. The van der Waals surface area contributed by atoms with E-state index in [1.54, 1.807) is 0 Å². The zero-order valence-electron chi connectivity index (χ0n) is 9.99. The molecule has 1 saturated carbocycles. The first-order chi connectivity index (χ1) is 6.87. The molecule has 3 nitrogen and oxygen atoms in total. The number of hydrogen-bond donors (Lipinski definition) is 1. The van der Waals surface area contributed by atoms with E-state index < -0.39 is 9.84 Å². The molecule has 2 atom stereocenters. The molecule has 1 aliphatic carbocycles. The summed E-state index contributed by atoms with van der Waals surface area (Å²) in [6.07, 6.45) is 6.01. The molecule has 0 bridgehead atoms. The molecule has 1 aliphatic rings. The average molecular weight is 233 g/mol. The highest BCUT2D eigenvalue weighted by Gasteiger charge is 2.23. The standard InChI is InChI=1S/C11H23NO2S/c1-9(6-7-15(3,13)14)12-10(2)8-11-4-5-11/h9-12H,4-8H2,1-3H3. The third-order valence-electron chi connectivity index (χ3n) is 2.87. The predicted octanol–water partition coefficient (Wildman–Crippen LogP) is 1.59. The summed E-state index contributed by atoms with van der Waals surface area (Å²) in [5, 5.41) is 3.46. The van der Waals surface area contributed by atoms with Gasteiger partial charge in [-0.15, -0.1) is 0 Å². The van der Waals surface area contributed by atoms with E-state index in [0.717, 1.165) is 5.92 Å². The third-order valence-corrected chi connectivity index (χ3v) is 3.85. The highest BCUT2D eigenvalue weighted by molar-refractivity contribution is 7.90. The Bertz CT molecular complexity index is 283. The van der Waals surface area contributed by atoms with Gasteiger partial charge in [0.05, 0.1) is 5.75 Å². The van der Waals surface area contributed by atoms with Crippen LogP contribution in [-0.2, 0) is 9.84 Å². The van der Waals surface area contributed by atoms with E-state index in [2.05, 4.69) is 19.2 Å². The lowest BCUT2D eigenvalue weighted by Crippen LogP contribution is -2.35. The van der Waals surface area contributed by atoms with Crippen LogP contribution in [0.1, 0.15) is 39.5 Å². The van der Waals surface area contributed by atoms with Gasteiger partial charge < -0.3 is 5.32 Å². The molecule has 1 N–H and O–H groups in total. The van der Waals surface area contributed by atoms with Crippen LogP contribution in [0.15, 0.2) is 0 Å². The molecule has 0 heterocycles. The van der Waals surface area contributed by atoms with Gasteiger partial charge in [-0.25, -0.2) is 8.42 Å². The average Bonchev–Trinajstić information content (AvgIpc) is 2.83. The van der Waals surface area contributed by atoms with Gasteiger partial charge in [-0.1, -0.05) is 12.8 Å². The molecule has 15 heavy (non-hydrogen) atoms. The zero-order valence-corrected chi connectivity index (χ0v) is 10.8. The Morgan fingerprint density at radius 1 is 1.27 bits per heavy atom. The highest BCUT2D eigenvalue weighted by Crippen LogP contribution is 2.33. The Morgan fingerprint density at radius 3 is 2.33 bits per heavy atom. The van der Waals surface area contributed by atoms with E-state index in [4.69, 9.17) is 0 Å². The zero-order chi connectivity index (χ0) is 11.5. The molecule has 90 valence electrons. The Balaban J connectivity index is 2.13. The molecule has 1 rings (SSSR count). The van der Waals surface area contributed by atoms with Crippen LogP contribution in [0.25, 0.3) is 0 Å². The fourth-order valence-corrected chi connectivity index (χ4v) is 2.66. The summed E-state index contributed by atoms with van der Waals surface area (Å²) in [5.74, 6) is 1.21. The van der Waals surface area contributed by atoms with E-state index in [1.165, 1.54) is 25.5 Å². The maximum Gasteiger partial charge on any atom is 0.147 e. The van der Waals surface area contributed by atoms with Gasteiger partial charge in [-0.3, -0.25) is 0 Å². The summed E-state index contributed by atoms with van der Waals surface area (Å²) in [6, 6.07) is 0.820. The molecule has 4 heteroatoms. The van der Waals surface area contributed by atoms with Crippen molar-refractivity contribution in [2.45, 2.75) is 51.6 Å². The molecule has 0 aromatic rings. The third kappa shape index (κ3) is 6.90. The minimum Gasteiger partial charge on any atom is -0.312 e. The van der Waals surface area contributed by atoms with Crippen molar-refractivity contribution in [3.05, 3.63) is 0 Å². The monoisotopic (exact) mass is 233 g/mol. The van der Waals surface area contributed by atoms with Crippen molar-refractivity contribution < 1.29 is 8.42 Å². The topological polar surface area (TPSA) is 46.2 Å². The van der Waals surface area contributed by atoms with Gasteiger partial charge in [0.2, 0.25) is 0 Å². The van der Waals surface area contributed by atoms with E-state index >= 15 is 0 Å². The minimum atomic E-state index is -2.81. The molecule has 2 unspecified atom stereocenters. The van der Waals surface area contributed by atoms with Crippen LogP contribution in [0.3, 0.4) is 0 Å². The van der Waals surface area contributed by atoms with E-state index in [1.807, 2.05) is 0 Å². The largest absolute Gasteiger partial charge is 0.312 e. The van der Waals surface area contributed by atoms with Crippen molar-refractivity contribution in [3.8, 4) is 0 Å². The van der Waals surface area contributed by atoms with E-state index in [0.29, 0.717) is 18.5 Å². The second-order valence-corrected chi connectivity index (χ2v) is 7.33. The van der Waals surface area contributed by atoms with Crippen molar-refractivity contribution in [1.29, 1.82) is 0 Å². The second kappa shape index (κ2) is 5.30. The van der Waals surface area contributed by atoms with Gasteiger partial charge in [0, 0.05) is 18.3 Å². The van der Waals surface area contributed by atoms with Crippen LogP contribution in [0.4, 0.5) is 0 Å². The SMILES string of the molecule is CC(CCS(C)(=O)=O)NC(C)CC1CC1. The first kappa shape index (κ1) is 13.0. The summed E-state index contributed by atoms with van der Waals surface area (Å²) in [5.41, 5.74) is 0. The number of sulfone groups is 1.